The van der Waals surface area contributed by atoms with E-state index in [4.69, 9.17) is 21.6 Å². The van der Waals surface area contributed by atoms with Crippen molar-refractivity contribution in [2.45, 2.75) is 39.0 Å². The van der Waals surface area contributed by atoms with Crippen molar-refractivity contribution in [1.82, 2.24) is 19.9 Å². The summed E-state index contributed by atoms with van der Waals surface area (Å²) in [6.07, 6.45) is 2.92. The Balaban J connectivity index is 1.37. The zero-order chi connectivity index (χ0) is 21.4. The molecule has 4 aromatic rings. The van der Waals surface area contributed by atoms with Crippen LogP contribution in [0.5, 0.6) is 0 Å². The Morgan fingerprint density at radius 1 is 0.968 bits per heavy atom. The molecule has 1 aliphatic rings. The highest BCUT2D eigenvalue weighted by atomic mass is 35.5. The number of nitrogens with one attached hydrogen (secondary N) is 1. The molecule has 2 aromatic carbocycles. The molecule has 1 saturated heterocycles. The van der Waals surface area contributed by atoms with Crippen LogP contribution in [-0.2, 0) is 6.42 Å². The first-order valence-corrected chi connectivity index (χ1v) is 11.2. The number of aromatic amines is 1. The first-order chi connectivity index (χ1) is 15.1. The number of hydrogen-bond donors (Lipinski definition) is 1. The van der Waals surface area contributed by atoms with Gasteiger partial charge >= 0.3 is 0 Å². The third-order valence-electron chi connectivity index (χ3n) is 6.19. The molecule has 31 heavy (non-hydrogen) atoms. The molecule has 1 N–H and O–H groups in total. The minimum Gasteiger partial charge on any atom is -0.356 e. The Kier molecular flexibility index (Phi) is 5.36. The number of fused-ring (bicyclic) bond motifs is 1. The van der Waals surface area contributed by atoms with Gasteiger partial charge in [0.2, 0.25) is 0 Å². The zero-order valence-electron chi connectivity index (χ0n) is 17.9. The Labute approximate surface area is 187 Å². The van der Waals surface area contributed by atoms with Crippen LogP contribution >= 0.6 is 11.6 Å². The highest BCUT2D eigenvalue weighted by Crippen LogP contribution is 2.32. The van der Waals surface area contributed by atoms with Gasteiger partial charge in [-0.3, -0.25) is 0 Å². The zero-order valence-corrected chi connectivity index (χ0v) is 18.7. The number of aromatic nitrogens is 4. The van der Waals surface area contributed by atoms with Crippen molar-refractivity contribution in [1.29, 1.82) is 0 Å². The van der Waals surface area contributed by atoms with Gasteiger partial charge in [0.05, 0.1) is 11.0 Å². The second kappa shape index (κ2) is 8.31. The van der Waals surface area contributed by atoms with E-state index < -0.39 is 0 Å². The second-order valence-electron chi connectivity index (χ2n) is 8.36. The molecule has 0 radical (unpaired) electrons. The minimum atomic E-state index is 0.451. The summed E-state index contributed by atoms with van der Waals surface area (Å²) in [5, 5.41) is 0.758. The molecule has 0 spiro atoms. The Morgan fingerprint density at radius 2 is 1.71 bits per heavy atom. The van der Waals surface area contributed by atoms with Gasteiger partial charge in [0.1, 0.15) is 17.5 Å². The number of nitrogens with zero attached hydrogens (tertiary/aromatic N) is 4. The van der Waals surface area contributed by atoms with Gasteiger partial charge in [-0.05, 0) is 56.5 Å². The number of rotatable bonds is 4. The van der Waals surface area contributed by atoms with E-state index in [1.54, 1.807) is 0 Å². The number of H-pyrrole nitrogens is 1. The number of piperidine rings is 1. The van der Waals surface area contributed by atoms with Crippen molar-refractivity contribution < 1.29 is 0 Å². The average Bonchev–Trinajstić information content (AvgIpc) is 3.21. The van der Waals surface area contributed by atoms with Gasteiger partial charge in [-0.15, -0.1) is 0 Å². The highest BCUT2D eigenvalue weighted by molar-refractivity contribution is 6.30. The summed E-state index contributed by atoms with van der Waals surface area (Å²) in [4.78, 5) is 20.3. The van der Waals surface area contributed by atoms with Crippen molar-refractivity contribution in [3.8, 4) is 0 Å². The lowest BCUT2D eigenvalue weighted by atomic mass is 9.95. The predicted molar refractivity (Wildman–Crippen MR) is 126 cm³/mol. The van der Waals surface area contributed by atoms with Crippen molar-refractivity contribution in [2.24, 2.45) is 0 Å². The Hall–Kier alpha value is -2.92. The number of para-hydroxylation sites is 2. The van der Waals surface area contributed by atoms with Gasteiger partial charge in [-0.2, -0.15) is 0 Å². The average molecular weight is 432 g/mol. The Bertz CT molecular complexity index is 1170. The largest absolute Gasteiger partial charge is 0.356 e. The maximum absolute atomic E-state index is 6.07. The highest BCUT2D eigenvalue weighted by Gasteiger charge is 2.26. The summed E-state index contributed by atoms with van der Waals surface area (Å²) in [7, 11) is 0. The van der Waals surface area contributed by atoms with E-state index in [1.165, 1.54) is 11.1 Å². The van der Waals surface area contributed by atoms with Crippen molar-refractivity contribution in [2.75, 3.05) is 18.0 Å². The van der Waals surface area contributed by atoms with E-state index in [-0.39, 0.29) is 0 Å². The van der Waals surface area contributed by atoms with Crippen LogP contribution in [-0.4, -0.2) is 33.0 Å². The minimum absolute atomic E-state index is 0.451. The first-order valence-electron chi connectivity index (χ1n) is 10.8. The molecule has 5 nitrogen and oxygen atoms in total. The summed E-state index contributed by atoms with van der Waals surface area (Å²) in [5.74, 6) is 3.46. The summed E-state index contributed by atoms with van der Waals surface area (Å²) in [6.45, 7) is 5.99. The number of halogens is 1. The summed E-state index contributed by atoms with van der Waals surface area (Å²) < 4.78 is 0. The lowest BCUT2D eigenvalue weighted by molar-refractivity contribution is 0.486. The molecule has 0 saturated carbocycles. The van der Waals surface area contributed by atoms with E-state index >= 15 is 0 Å². The molecule has 0 aliphatic carbocycles. The lowest BCUT2D eigenvalue weighted by Gasteiger charge is -2.33. The molecule has 0 unspecified atom stereocenters. The molecular weight excluding hydrogens is 406 g/mol. The standard InChI is InChI=1S/C25H26ClN5/c1-16-21(15-18-7-9-20(26)10-8-18)25(28-17(2)27-16)31-13-11-19(12-14-31)24-29-22-5-3-4-6-23(22)30-24/h3-10,19H,11-15H2,1-2H3,(H,29,30). The van der Waals surface area contributed by atoms with Crippen LogP contribution in [0.25, 0.3) is 11.0 Å². The topological polar surface area (TPSA) is 57.7 Å². The monoisotopic (exact) mass is 431 g/mol. The fraction of sp³-hybridized carbons (Fsp3) is 0.320. The van der Waals surface area contributed by atoms with Gasteiger partial charge in [0.15, 0.2) is 0 Å². The van der Waals surface area contributed by atoms with Crippen LogP contribution < -0.4 is 4.90 Å². The number of aryl methyl sites for hydroxylation is 2. The third-order valence-corrected chi connectivity index (χ3v) is 6.44. The Morgan fingerprint density at radius 3 is 2.45 bits per heavy atom. The maximum Gasteiger partial charge on any atom is 0.136 e. The first kappa shape index (κ1) is 20.0. The smallest absolute Gasteiger partial charge is 0.136 e. The molecule has 2 aromatic heterocycles. The molecule has 0 bridgehead atoms. The van der Waals surface area contributed by atoms with E-state index in [1.807, 2.05) is 25.1 Å². The number of imidazole rings is 1. The maximum atomic E-state index is 6.07. The summed E-state index contributed by atoms with van der Waals surface area (Å²) >= 11 is 6.07. The lowest BCUT2D eigenvalue weighted by Crippen LogP contribution is -2.35. The normalized spacial score (nSPS) is 15.0. The SMILES string of the molecule is Cc1nc(C)c(Cc2ccc(Cl)cc2)c(N2CCC(c3nc4ccccc4[nH]3)CC2)n1. The van der Waals surface area contributed by atoms with Crippen LogP contribution in [0.1, 0.15) is 47.2 Å². The van der Waals surface area contributed by atoms with Crippen molar-refractivity contribution >= 4 is 28.5 Å². The van der Waals surface area contributed by atoms with Crippen LogP contribution in [0.15, 0.2) is 48.5 Å². The van der Waals surface area contributed by atoms with Gasteiger partial charge in [0.25, 0.3) is 0 Å². The van der Waals surface area contributed by atoms with E-state index in [0.717, 1.165) is 71.6 Å². The molecule has 1 fully saturated rings. The van der Waals surface area contributed by atoms with E-state index in [9.17, 15) is 0 Å². The van der Waals surface area contributed by atoms with Crippen LogP contribution in [0.3, 0.4) is 0 Å². The molecule has 0 atom stereocenters. The predicted octanol–water partition coefficient (Wildman–Crippen LogP) is 5.60. The van der Waals surface area contributed by atoms with Gasteiger partial charge in [-0.25, -0.2) is 15.0 Å². The molecule has 158 valence electrons. The molecule has 6 heteroatoms. The van der Waals surface area contributed by atoms with Gasteiger partial charge in [-0.1, -0.05) is 35.9 Å². The molecular formula is C25H26ClN5. The fourth-order valence-corrected chi connectivity index (χ4v) is 4.65. The van der Waals surface area contributed by atoms with Gasteiger partial charge in [0, 0.05) is 41.7 Å². The third kappa shape index (κ3) is 4.15. The second-order valence-corrected chi connectivity index (χ2v) is 8.80. The summed E-state index contributed by atoms with van der Waals surface area (Å²) in [6, 6.07) is 16.3. The summed E-state index contributed by atoms with van der Waals surface area (Å²) in [5.41, 5.74) is 5.64. The van der Waals surface area contributed by atoms with Gasteiger partial charge < -0.3 is 9.88 Å². The van der Waals surface area contributed by atoms with Crippen molar-refractivity contribution in [3.05, 3.63) is 82.0 Å². The molecule has 5 rings (SSSR count). The molecule has 1 aliphatic heterocycles. The van der Waals surface area contributed by atoms with Crippen LogP contribution in [0.2, 0.25) is 5.02 Å². The van der Waals surface area contributed by atoms with Crippen molar-refractivity contribution in [3.63, 3.8) is 0 Å². The quantitative estimate of drug-likeness (QED) is 0.457. The molecule has 0 amide bonds. The van der Waals surface area contributed by atoms with E-state index in [0.29, 0.717) is 5.92 Å². The van der Waals surface area contributed by atoms with Crippen LogP contribution in [0.4, 0.5) is 5.82 Å². The number of anilines is 1. The fourth-order valence-electron chi connectivity index (χ4n) is 4.52. The van der Waals surface area contributed by atoms with E-state index in [2.05, 4.69) is 52.1 Å². The number of benzene rings is 2. The number of hydrogen-bond acceptors (Lipinski definition) is 4. The molecule has 3 heterocycles. The van der Waals surface area contributed by atoms with Crippen LogP contribution in [0, 0.1) is 13.8 Å².